The van der Waals surface area contributed by atoms with Crippen molar-refractivity contribution in [2.45, 2.75) is 6.92 Å². The SMILES string of the molecule is CCOC(=O)CN(C(=O)c1ccccc1)c1cc(Br)c(Oc2ccc(OC)c(C(=O)c3cccc(Cl)c3)c2)c(Br)c1. The molecule has 0 bridgehead atoms. The number of amides is 1. The van der Waals surface area contributed by atoms with Crippen molar-refractivity contribution >= 4 is 66.8 Å². The van der Waals surface area contributed by atoms with Crippen molar-refractivity contribution in [2.75, 3.05) is 25.2 Å². The second-order valence-electron chi connectivity index (χ2n) is 8.60. The summed E-state index contributed by atoms with van der Waals surface area (Å²) in [7, 11) is 1.48. The van der Waals surface area contributed by atoms with Gasteiger partial charge in [-0.1, -0.05) is 41.9 Å². The maximum absolute atomic E-state index is 13.4. The predicted molar refractivity (Wildman–Crippen MR) is 165 cm³/mol. The first-order valence-electron chi connectivity index (χ1n) is 12.4. The van der Waals surface area contributed by atoms with E-state index in [1.165, 1.54) is 12.0 Å². The average Bonchev–Trinajstić information content (AvgIpc) is 2.97. The lowest BCUT2D eigenvalue weighted by Crippen LogP contribution is -2.36. The van der Waals surface area contributed by atoms with E-state index in [4.69, 9.17) is 25.8 Å². The summed E-state index contributed by atoms with van der Waals surface area (Å²) in [5.74, 6) is -0.0514. The number of ether oxygens (including phenoxy) is 3. The van der Waals surface area contributed by atoms with E-state index in [1.54, 1.807) is 91.9 Å². The van der Waals surface area contributed by atoms with Crippen molar-refractivity contribution in [3.8, 4) is 17.2 Å². The molecule has 0 fully saturated rings. The van der Waals surface area contributed by atoms with Gasteiger partial charge >= 0.3 is 5.97 Å². The van der Waals surface area contributed by atoms with Gasteiger partial charge in [-0.05, 0) is 93.4 Å². The Hall–Kier alpha value is -3.66. The first-order valence-corrected chi connectivity index (χ1v) is 14.4. The van der Waals surface area contributed by atoms with Crippen LogP contribution in [0.5, 0.6) is 17.2 Å². The number of carbonyl (C=O) groups is 3. The highest BCUT2D eigenvalue weighted by Crippen LogP contribution is 2.41. The van der Waals surface area contributed by atoms with Crippen molar-refractivity contribution in [1.82, 2.24) is 0 Å². The number of hydrogen-bond donors (Lipinski definition) is 0. The van der Waals surface area contributed by atoms with Crippen LogP contribution in [0.2, 0.25) is 5.02 Å². The summed E-state index contributed by atoms with van der Waals surface area (Å²) in [5.41, 5.74) is 1.55. The number of methoxy groups -OCH3 is 1. The van der Waals surface area contributed by atoms with Crippen LogP contribution in [0.1, 0.15) is 33.2 Å². The topological polar surface area (TPSA) is 82.1 Å². The molecule has 4 rings (SSSR count). The van der Waals surface area contributed by atoms with Crippen LogP contribution in [-0.4, -0.2) is 37.9 Å². The van der Waals surface area contributed by atoms with Crippen molar-refractivity contribution < 1.29 is 28.6 Å². The number of benzene rings is 4. The summed E-state index contributed by atoms with van der Waals surface area (Å²) in [6.07, 6.45) is 0. The molecule has 210 valence electrons. The Bertz CT molecular complexity index is 1570. The fourth-order valence-corrected chi connectivity index (χ4v) is 5.50. The summed E-state index contributed by atoms with van der Waals surface area (Å²) in [4.78, 5) is 40.4. The van der Waals surface area contributed by atoms with E-state index in [9.17, 15) is 14.4 Å². The monoisotopic (exact) mass is 699 g/mol. The first kappa shape index (κ1) is 30.3. The van der Waals surface area contributed by atoms with Gasteiger partial charge in [0.1, 0.15) is 18.0 Å². The Morgan fingerprint density at radius 1 is 0.854 bits per heavy atom. The van der Waals surface area contributed by atoms with Crippen LogP contribution in [0.3, 0.4) is 0 Å². The smallest absolute Gasteiger partial charge is 0.326 e. The normalized spacial score (nSPS) is 10.6. The fraction of sp³-hybridized carbons (Fsp3) is 0.129. The third-order valence-electron chi connectivity index (χ3n) is 5.88. The molecule has 0 aliphatic carbocycles. The molecule has 0 atom stereocenters. The van der Waals surface area contributed by atoms with Gasteiger partial charge < -0.3 is 14.2 Å². The number of rotatable bonds is 10. The molecule has 0 N–H and O–H groups in total. The van der Waals surface area contributed by atoms with E-state index in [2.05, 4.69) is 31.9 Å². The molecule has 0 saturated heterocycles. The van der Waals surface area contributed by atoms with Gasteiger partial charge in [0.2, 0.25) is 0 Å². The van der Waals surface area contributed by atoms with Crippen LogP contribution in [-0.2, 0) is 9.53 Å². The number of nitrogens with zero attached hydrogens (tertiary/aromatic N) is 1. The zero-order valence-electron chi connectivity index (χ0n) is 22.0. The minimum absolute atomic E-state index is 0.191. The molecule has 1 amide bonds. The molecule has 0 heterocycles. The van der Waals surface area contributed by atoms with Crippen LogP contribution in [0.4, 0.5) is 5.69 Å². The Labute approximate surface area is 259 Å². The molecule has 0 aliphatic heterocycles. The van der Waals surface area contributed by atoms with Crippen LogP contribution in [0.15, 0.2) is 93.9 Å². The third-order valence-corrected chi connectivity index (χ3v) is 7.29. The van der Waals surface area contributed by atoms with Crippen LogP contribution in [0, 0.1) is 0 Å². The Kier molecular flexibility index (Phi) is 10.2. The van der Waals surface area contributed by atoms with Gasteiger partial charge in [0.25, 0.3) is 5.91 Å². The second-order valence-corrected chi connectivity index (χ2v) is 10.7. The van der Waals surface area contributed by atoms with Crippen molar-refractivity contribution in [1.29, 1.82) is 0 Å². The average molecular weight is 702 g/mol. The van der Waals surface area contributed by atoms with E-state index < -0.39 is 5.97 Å². The molecule has 0 unspecified atom stereocenters. The fourth-order valence-electron chi connectivity index (χ4n) is 3.98. The molecule has 10 heteroatoms. The molecule has 4 aromatic carbocycles. The largest absolute Gasteiger partial charge is 0.496 e. The molecule has 7 nitrogen and oxygen atoms in total. The molecule has 0 spiro atoms. The Morgan fingerprint density at radius 2 is 1.54 bits per heavy atom. The van der Waals surface area contributed by atoms with Gasteiger partial charge in [0.15, 0.2) is 11.5 Å². The van der Waals surface area contributed by atoms with Crippen LogP contribution >= 0.6 is 43.5 Å². The predicted octanol–water partition coefficient (Wildman–Crippen LogP) is 8.11. The lowest BCUT2D eigenvalue weighted by Gasteiger charge is -2.23. The molecule has 41 heavy (non-hydrogen) atoms. The quantitative estimate of drug-likeness (QED) is 0.123. The van der Waals surface area contributed by atoms with Gasteiger partial charge in [0.05, 0.1) is 28.2 Å². The first-order chi connectivity index (χ1) is 19.7. The number of ketones is 1. The molecule has 0 aliphatic rings. The minimum atomic E-state index is -0.542. The number of carbonyl (C=O) groups excluding carboxylic acids is 3. The number of halogens is 3. The summed E-state index contributed by atoms with van der Waals surface area (Å²) in [5, 5.41) is 0.443. The maximum atomic E-state index is 13.4. The zero-order chi connectivity index (χ0) is 29.5. The summed E-state index contributed by atoms with van der Waals surface area (Å²) in [6.45, 7) is 1.61. The lowest BCUT2D eigenvalue weighted by molar-refractivity contribution is -0.141. The van der Waals surface area contributed by atoms with Gasteiger partial charge in [-0.3, -0.25) is 19.3 Å². The lowest BCUT2D eigenvalue weighted by atomic mass is 10.0. The molecule has 4 aromatic rings. The molecular formula is C31H24Br2ClNO6. The minimum Gasteiger partial charge on any atom is -0.496 e. The van der Waals surface area contributed by atoms with Crippen molar-refractivity contribution in [3.63, 3.8) is 0 Å². The Morgan fingerprint density at radius 3 is 2.17 bits per heavy atom. The van der Waals surface area contributed by atoms with E-state index in [0.29, 0.717) is 53.6 Å². The number of hydrogen-bond acceptors (Lipinski definition) is 6. The number of esters is 1. The summed E-state index contributed by atoms with van der Waals surface area (Å²) >= 11 is 13.1. The van der Waals surface area contributed by atoms with E-state index in [-0.39, 0.29) is 24.8 Å². The van der Waals surface area contributed by atoms with E-state index in [0.717, 1.165) is 0 Å². The van der Waals surface area contributed by atoms with E-state index >= 15 is 0 Å². The van der Waals surface area contributed by atoms with Crippen LogP contribution in [0.25, 0.3) is 0 Å². The third kappa shape index (κ3) is 7.35. The summed E-state index contributed by atoms with van der Waals surface area (Å²) < 4.78 is 17.7. The van der Waals surface area contributed by atoms with Crippen molar-refractivity contribution in [2.24, 2.45) is 0 Å². The van der Waals surface area contributed by atoms with Gasteiger partial charge in [0, 0.05) is 21.8 Å². The number of anilines is 1. The van der Waals surface area contributed by atoms with Crippen LogP contribution < -0.4 is 14.4 Å². The molecular weight excluding hydrogens is 678 g/mol. The second kappa shape index (κ2) is 13.8. The maximum Gasteiger partial charge on any atom is 0.326 e. The highest BCUT2D eigenvalue weighted by molar-refractivity contribution is 9.11. The molecule has 0 saturated carbocycles. The molecule has 0 aromatic heterocycles. The standard InChI is InChI=1S/C31H24Br2ClNO6/c1-3-40-28(36)18-35(31(38)19-8-5-4-6-9-19)22-15-25(32)30(26(33)16-22)41-23-12-13-27(39-2)24(17-23)29(37)20-10-7-11-21(34)14-20/h4-17H,3,18H2,1-2H3. The van der Waals surface area contributed by atoms with E-state index in [1.807, 2.05) is 0 Å². The van der Waals surface area contributed by atoms with Gasteiger partial charge in [-0.2, -0.15) is 0 Å². The highest BCUT2D eigenvalue weighted by atomic mass is 79.9. The highest BCUT2D eigenvalue weighted by Gasteiger charge is 2.24. The molecule has 0 radical (unpaired) electrons. The van der Waals surface area contributed by atoms with Gasteiger partial charge in [-0.15, -0.1) is 0 Å². The van der Waals surface area contributed by atoms with Crippen molar-refractivity contribution in [3.05, 3.63) is 116 Å². The zero-order valence-corrected chi connectivity index (χ0v) is 26.0. The summed E-state index contributed by atoms with van der Waals surface area (Å²) in [6, 6.07) is 23.5. The Balaban J connectivity index is 1.67. The van der Waals surface area contributed by atoms with Gasteiger partial charge in [-0.25, -0.2) is 0 Å².